The highest BCUT2D eigenvalue weighted by molar-refractivity contribution is 5.97. The first-order valence-electron chi connectivity index (χ1n) is 10.4. The zero-order valence-electron chi connectivity index (χ0n) is 18.4. The molecular weight excluding hydrogens is 391 g/mol. The normalized spacial score (nSPS) is 10.7. The third-order valence-electron chi connectivity index (χ3n) is 5.57. The van der Waals surface area contributed by atoms with Crippen LogP contribution in [0, 0.1) is 19.8 Å². The highest BCUT2D eigenvalue weighted by atomic mass is 19.1. The van der Waals surface area contributed by atoms with E-state index in [4.69, 9.17) is 0 Å². The second kappa shape index (κ2) is 9.65. The summed E-state index contributed by atoms with van der Waals surface area (Å²) in [6, 6.07) is 16.5. The first-order valence-corrected chi connectivity index (χ1v) is 10.4. The number of benzene rings is 2. The lowest BCUT2D eigenvalue weighted by molar-refractivity contribution is -0.118. The number of halogens is 1. The van der Waals surface area contributed by atoms with Crippen molar-refractivity contribution in [3.63, 3.8) is 0 Å². The number of carbonyl (C=O) groups excluding carboxylic acids is 2. The third kappa shape index (κ3) is 5.23. The van der Waals surface area contributed by atoms with Crippen LogP contribution in [0.1, 0.15) is 46.9 Å². The van der Waals surface area contributed by atoms with Crippen molar-refractivity contribution >= 4 is 17.4 Å². The van der Waals surface area contributed by atoms with Gasteiger partial charge in [-0.15, -0.1) is 0 Å². The van der Waals surface area contributed by atoms with Crippen molar-refractivity contribution in [2.24, 2.45) is 0 Å². The van der Waals surface area contributed by atoms with Gasteiger partial charge in [-0.3, -0.25) is 9.59 Å². The van der Waals surface area contributed by atoms with Gasteiger partial charge in [0.05, 0.1) is 0 Å². The number of ketones is 1. The lowest BCUT2D eigenvalue weighted by Crippen LogP contribution is -2.25. The van der Waals surface area contributed by atoms with Crippen molar-refractivity contribution in [1.29, 1.82) is 0 Å². The molecule has 160 valence electrons. The molecular formula is C26H27FN2O2. The molecule has 0 aliphatic rings. The van der Waals surface area contributed by atoms with Gasteiger partial charge in [0.25, 0.3) is 0 Å². The smallest absolute Gasteiger partial charge is 0.226 e. The van der Waals surface area contributed by atoms with E-state index >= 15 is 0 Å². The monoisotopic (exact) mass is 418 g/mol. The maximum atomic E-state index is 13.1. The molecule has 3 aromatic rings. The Morgan fingerprint density at radius 2 is 1.71 bits per heavy atom. The van der Waals surface area contributed by atoms with E-state index in [9.17, 15) is 14.0 Å². The van der Waals surface area contributed by atoms with E-state index in [2.05, 4.69) is 4.98 Å². The largest absolute Gasteiger partial charge is 0.316 e. The van der Waals surface area contributed by atoms with Crippen LogP contribution < -0.4 is 4.90 Å². The molecule has 5 heteroatoms. The number of pyridine rings is 1. The predicted octanol–water partition coefficient (Wildman–Crippen LogP) is 5.69. The number of Topliss-reactive ketones (excluding diaryl/α,β-unsaturated/α-hetero) is 1. The van der Waals surface area contributed by atoms with Gasteiger partial charge in [0.1, 0.15) is 0 Å². The van der Waals surface area contributed by atoms with Crippen molar-refractivity contribution in [3.8, 4) is 11.1 Å². The molecule has 3 rings (SSSR count). The summed E-state index contributed by atoms with van der Waals surface area (Å²) < 4.78 is 13.1. The minimum absolute atomic E-state index is 0.0436. The molecule has 31 heavy (non-hydrogen) atoms. The van der Waals surface area contributed by atoms with Gasteiger partial charge in [-0.1, -0.05) is 43.3 Å². The van der Waals surface area contributed by atoms with Gasteiger partial charge in [-0.25, -0.2) is 4.98 Å². The standard InChI is InChI=1S/C26H27FN2O2/c1-5-26(31)29(4)22-12-13-23(17(2)16-22)20-6-8-21(9-7-20)24(30)14-10-19-11-15-25(27)28-18(19)3/h6-9,11-13,15-16H,5,10,14H2,1-4H3. The first-order chi connectivity index (χ1) is 14.8. The van der Waals surface area contributed by atoms with Crippen molar-refractivity contribution in [1.82, 2.24) is 4.98 Å². The molecule has 0 atom stereocenters. The van der Waals surface area contributed by atoms with Crippen LogP contribution in [0.25, 0.3) is 11.1 Å². The number of hydrogen-bond donors (Lipinski definition) is 0. The van der Waals surface area contributed by atoms with Crippen molar-refractivity contribution < 1.29 is 14.0 Å². The van der Waals surface area contributed by atoms with Gasteiger partial charge in [-0.05, 0) is 60.7 Å². The molecule has 4 nitrogen and oxygen atoms in total. The molecule has 1 amide bonds. The summed E-state index contributed by atoms with van der Waals surface area (Å²) in [7, 11) is 1.78. The van der Waals surface area contributed by atoms with E-state index < -0.39 is 5.95 Å². The van der Waals surface area contributed by atoms with Crippen LogP contribution in [0.15, 0.2) is 54.6 Å². The summed E-state index contributed by atoms with van der Waals surface area (Å²) in [4.78, 5) is 30.0. The van der Waals surface area contributed by atoms with Gasteiger partial charge >= 0.3 is 0 Å². The summed E-state index contributed by atoms with van der Waals surface area (Å²) in [6.07, 6.45) is 1.34. The number of carbonyl (C=O) groups is 2. The number of aromatic nitrogens is 1. The minimum atomic E-state index is -0.505. The summed E-state index contributed by atoms with van der Waals surface area (Å²) in [5, 5.41) is 0. The highest BCUT2D eigenvalue weighted by Gasteiger charge is 2.12. The van der Waals surface area contributed by atoms with Gasteiger partial charge < -0.3 is 4.90 Å². The molecule has 1 aromatic heterocycles. The molecule has 0 aliphatic carbocycles. The van der Waals surface area contributed by atoms with Crippen LogP contribution in [0.2, 0.25) is 0 Å². The van der Waals surface area contributed by atoms with E-state index in [1.54, 1.807) is 24.9 Å². The van der Waals surface area contributed by atoms with Crippen LogP contribution in [-0.2, 0) is 11.2 Å². The topological polar surface area (TPSA) is 50.3 Å². The molecule has 0 spiro atoms. The molecule has 0 radical (unpaired) electrons. The first kappa shape index (κ1) is 22.3. The van der Waals surface area contributed by atoms with Crippen LogP contribution in [0.5, 0.6) is 0 Å². The second-order valence-electron chi connectivity index (χ2n) is 7.68. The molecule has 0 N–H and O–H groups in total. The number of rotatable bonds is 7. The van der Waals surface area contributed by atoms with Gasteiger partial charge in [0.2, 0.25) is 11.9 Å². The maximum Gasteiger partial charge on any atom is 0.226 e. The Bertz CT molecular complexity index is 1110. The lowest BCUT2D eigenvalue weighted by Gasteiger charge is -2.18. The number of anilines is 1. The van der Waals surface area contributed by atoms with E-state index in [0.29, 0.717) is 30.5 Å². The van der Waals surface area contributed by atoms with Crippen LogP contribution in [-0.4, -0.2) is 23.7 Å². The Labute approximate surface area is 182 Å². The molecule has 0 fully saturated rings. The van der Waals surface area contributed by atoms with E-state index in [1.807, 2.05) is 56.3 Å². The molecule has 2 aromatic carbocycles. The Balaban J connectivity index is 1.70. The van der Waals surface area contributed by atoms with Crippen LogP contribution in [0.3, 0.4) is 0 Å². The third-order valence-corrected chi connectivity index (χ3v) is 5.57. The number of amides is 1. The minimum Gasteiger partial charge on any atom is -0.316 e. The molecule has 0 saturated heterocycles. The Morgan fingerprint density at radius 1 is 1.00 bits per heavy atom. The van der Waals surface area contributed by atoms with Crippen LogP contribution >= 0.6 is 0 Å². The van der Waals surface area contributed by atoms with Gasteiger partial charge in [0, 0.05) is 36.8 Å². The zero-order valence-corrected chi connectivity index (χ0v) is 18.4. The van der Waals surface area contributed by atoms with E-state index in [-0.39, 0.29) is 11.7 Å². The van der Waals surface area contributed by atoms with Crippen molar-refractivity contribution in [3.05, 3.63) is 82.9 Å². The van der Waals surface area contributed by atoms with E-state index in [1.165, 1.54) is 6.07 Å². The fraction of sp³-hybridized carbons (Fsp3) is 0.269. The average Bonchev–Trinajstić information content (AvgIpc) is 2.77. The molecule has 1 heterocycles. The maximum absolute atomic E-state index is 13.1. The second-order valence-corrected chi connectivity index (χ2v) is 7.68. The Kier molecular flexibility index (Phi) is 6.95. The SMILES string of the molecule is CCC(=O)N(C)c1ccc(-c2ccc(C(=O)CCc3ccc(F)nc3C)cc2)c(C)c1. The van der Waals surface area contributed by atoms with Crippen molar-refractivity contribution in [2.75, 3.05) is 11.9 Å². The number of nitrogens with zero attached hydrogens (tertiary/aromatic N) is 2. The molecule has 0 saturated carbocycles. The van der Waals surface area contributed by atoms with Crippen molar-refractivity contribution in [2.45, 2.75) is 40.0 Å². The summed E-state index contributed by atoms with van der Waals surface area (Å²) in [6.45, 7) is 5.61. The highest BCUT2D eigenvalue weighted by Crippen LogP contribution is 2.28. The van der Waals surface area contributed by atoms with Gasteiger partial charge in [-0.2, -0.15) is 4.39 Å². The number of hydrogen-bond acceptors (Lipinski definition) is 3. The summed E-state index contributed by atoms with van der Waals surface area (Å²) in [5.74, 6) is -0.390. The predicted molar refractivity (Wildman–Crippen MR) is 122 cm³/mol. The number of aryl methyl sites for hydroxylation is 3. The Hall–Kier alpha value is -3.34. The molecule has 0 unspecified atom stereocenters. The summed E-state index contributed by atoms with van der Waals surface area (Å²) >= 11 is 0. The zero-order chi connectivity index (χ0) is 22.5. The molecule has 0 aliphatic heterocycles. The lowest BCUT2D eigenvalue weighted by atomic mass is 9.96. The summed E-state index contributed by atoms with van der Waals surface area (Å²) in [5.41, 5.74) is 6.16. The van der Waals surface area contributed by atoms with Crippen LogP contribution in [0.4, 0.5) is 10.1 Å². The molecule has 0 bridgehead atoms. The fourth-order valence-electron chi connectivity index (χ4n) is 3.61. The fourth-order valence-corrected chi connectivity index (χ4v) is 3.61. The Morgan fingerprint density at radius 3 is 2.32 bits per heavy atom. The average molecular weight is 419 g/mol. The van der Waals surface area contributed by atoms with Gasteiger partial charge in [0.15, 0.2) is 5.78 Å². The van der Waals surface area contributed by atoms with E-state index in [0.717, 1.165) is 27.9 Å². The quantitative estimate of drug-likeness (QED) is 0.366.